The Kier molecular flexibility index (Phi) is 6.94. The summed E-state index contributed by atoms with van der Waals surface area (Å²) in [5.74, 6) is 1.59. The Bertz CT molecular complexity index is 1140. The van der Waals surface area contributed by atoms with Gasteiger partial charge in [-0.3, -0.25) is 0 Å². The lowest BCUT2D eigenvalue weighted by atomic mass is 10.2. The predicted octanol–water partition coefficient (Wildman–Crippen LogP) is 6.61. The molecule has 0 saturated carbocycles. The summed E-state index contributed by atoms with van der Waals surface area (Å²) in [4.78, 5) is 10.5. The molecule has 0 saturated heterocycles. The number of hydrogen-bond donors (Lipinski definition) is 1. The van der Waals surface area contributed by atoms with Gasteiger partial charge in [0, 0.05) is 16.8 Å². The van der Waals surface area contributed by atoms with E-state index in [2.05, 4.69) is 54.7 Å². The lowest BCUT2D eigenvalue weighted by Gasteiger charge is -2.08. The van der Waals surface area contributed by atoms with Gasteiger partial charge in [-0.05, 0) is 67.8 Å². The minimum Gasteiger partial charge on any atom is -0.324 e. The van der Waals surface area contributed by atoms with Gasteiger partial charge in [0.2, 0.25) is 5.95 Å². The molecule has 0 amide bonds. The van der Waals surface area contributed by atoms with E-state index in [1.807, 2.05) is 41.1 Å². The SMILES string of the molecule is CCCSc1nn(-c2ccccc2)c(C)c1-c1ccnc(Nc2ccc(SC)cc2)n1. The third kappa shape index (κ3) is 4.94. The summed E-state index contributed by atoms with van der Waals surface area (Å²) in [6.07, 6.45) is 4.96. The van der Waals surface area contributed by atoms with E-state index in [1.54, 1.807) is 29.7 Å². The molecule has 5 nitrogen and oxygen atoms in total. The number of hydrogen-bond acceptors (Lipinski definition) is 6. The van der Waals surface area contributed by atoms with Crippen LogP contribution in [0.3, 0.4) is 0 Å². The molecule has 0 aliphatic rings. The number of nitrogens with one attached hydrogen (secondary N) is 1. The lowest BCUT2D eigenvalue weighted by Crippen LogP contribution is -2.00. The molecular weight excluding hydrogens is 422 g/mol. The van der Waals surface area contributed by atoms with Crippen LogP contribution in [0.2, 0.25) is 0 Å². The number of aromatic nitrogens is 4. The van der Waals surface area contributed by atoms with Gasteiger partial charge in [0.1, 0.15) is 5.03 Å². The van der Waals surface area contributed by atoms with Crippen LogP contribution in [0.5, 0.6) is 0 Å². The highest BCUT2D eigenvalue weighted by Crippen LogP contribution is 2.34. The maximum Gasteiger partial charge on any atom is 0.227 e. The van der Waals surface area contributed by atoms with Crippen molar-refractivity contribution in [3.63, 3.8) is 0 Å². The molecule has 158 valence electrons. The highest BCUT2D eigenvalue weighted by molar-refractivity contribution is 7.99. The number of nitrogens with zero attached hydrogens (tertiary/aromatic N) is 4. The number of benzene rings is 2. The van der Waals surface area contributed by atoms with E-state index < -0.39 is 0 Å². The van der Waals surface area contributed by atoms with E-state index >= 15 is 0 Å². The van der Waals surface area contributed by atoms with Crippen LogP contribution in [0.1, 0.15) is 19.0 Å². The van der Waals surface area contributed by atoms with Crippen molar-refractivity contribution in [1.29, 1.82) is 0 Å². The number of thioether (sulfide) groups is 2. The van der Waals surface area contributed by atoms with Gasteiger partial charge in [-0.2, -0.15) is 5.10 Å². The van der Waals surface area contributed by atoms with Crippen LogP contribution >= 0.6 is 23.5 Å². The monoisotopic (exact) mass is 447 g/mol. The third-order valence-corrected chi connectivity index (χ3v) is 6.70. The smallest absolute Gasteiger partial charge is 0.227 e. The van der Waals surface area contributed by atoms with Crippen molar-refractivity contribution >= 4 is 35.2 Å². The lowest BCUT2D eigenvalue weighted by molar-refractivity contribution is 0.813. The molecule has 2 heterocycles. The van der Waals surface area contributed by atoms with Crippen molar-refractivity contribution in [1.82, 2.24) is 19.7 Å². The summed E-state index contributed by atoms with van der Waals surface area (Å²) < 4.78 is 2.00. The molecule has 0 aliphatic heterocycles. The Morgan fingerprint density at radius 1 is 1.00 bits per heavy atom. The first-order valence-corrected chi connectivity index (χ1v) is 12.4. The van der Waals surface area contributed by atoms with Crippen LogP contribution in [0, 0.1) is 6.92 Å². The molecule has 1 N–H and O–H groups in total. The summed E-state index contributed by atoms with van der Waals surface area (Å²) in [5, 5.41) is 9.24. The largest absolute Gasteiger partial charge is 0.324 e. The minimum absolute atomic E-state index is 0.577. The average Bonchev–Trinajstić information content (AvgIpc) is 3.15. The van der Waals surface area contributed by atoms with Crippen molar-refractivity contribution in [2.75, 3.05) is 17.3 Å². The molecule has 0 unspecified atom stereocenters. The zero-order valence-electron chi connectivity index (χ0n) is 17.9. The molecule has 7 heteroatoms. The highest BCUT2D eigenvalue weighted by atomic mass is 32.2. The second-order valence-corrected chi connectivity index (χ2v) is 8.94. The van der Waals surface area contributed by atoms with Crippen molar-refractivity contribution in [3.05, 3.63) is 72.6 Å². The van der Waals surface area contributed by atoms with Crippen molar-refractivity contribution < 1.29 is 0 Å². The normalized spacial score (nSPS) is 10.9. The molecule has 0 aliphatic carbocycles. The van der Waals surface area contributed by atoms with Gasteiger partial charge < -0.3 is 5.32 Å². The van der Waals surface area contributed by atoms with Crippen LogP contribution in [0.4, 0.5) is 11.6 Å². The van der Waals surface area contributed by atoms with E-state index in [1.165, 1.54) is 4.90 Å². The van der Waals surface area contributed by atoms with Crippen LogP contribution in [0.15, 0.2) is 76.8 Å². The minimum atomic E-state index is 0.577. The molecule has 4 aromatic rings. The fourth-order valence-corrected chi connectivity index (χ4v) is 4.60. The standard InChI is InChI=1S/C24H25N5S2/c1-4-16-31-23-22(17(2)29(28-23)19-8-6-5-7-9-19)21-14-15-25-24(27-21)26-18-10-12-20(30-3)13-11-18/h5-15H,4,16H2,1-3H3,(H,25,26,27). The zero-order valence-corrected chi connectivity index (χ0v) is 19.5. The molecule has 0 spiro atoms. The fraction of sp³-hybridized carbons (Fsp3) is 0.208. The Morgan fingerprint density at radius 3 is 2.48 bits per heavy atom. The number of anilines is 2. The predicted molar refractivity (Wildman–Crippen MR) is 132 cm³/mol. The first kappa shape index (κ1) is 21.5. The Morgan fingerprint density at radius 2 is 1.77 bits per heavy atom. The number of rotatable bonds is 8. The molecule has 0 fully saturated rings. The zero-order chi connectivity index (χ0) is 21.6. The molecular formula is C24H25N5S2. The molecule has 31 heavy (non-hydrogen) atoms. The van der Waals surface area contributed by atoms with Crippen LogP contribution in [-0.4, -0.2) is 31.8 Å². The van der Waals surface area contributed by atoms with Gasteiger partial charge in [-0.1, -0.05) is 25.1 Å². The van der Waals surface area contributed by atoms with Gasteiger partial charge >= 0.3 is 0 Å². The fourth-order valence-electron chi connectivity index (χ4n) is 3.25. The average molecular weight is 448 g/mol. The highest BCUT2D eigenvalue weighted by Gasteiger charge is 2.19. The van der Waals surface area contributed by atoms with E-state index in [0.717, 1.165) is 45.5 Å². The van der Waals surface area contributed by atoms with Crippen molar-refractivity contribution in [2.24, 2.45) is 0 Å². The summed E-state index contributed by atoms with van der Waals surface area (Å²) in [6, 6.07) is 20.4. The van der Waals surface area contributed by atoms with Gasteiger partial charge in [-0.15, -0.1) is 23.5 Å². The maximum atomic E-state index is 4.92. The van der Waals surface area contributed by atoms with Crippen molar-refractivity contribution in [2.45, 2.75) is 30.2 Å². The second kappa shape index (κ2) is 10.0. The summed E-state index contributed by atoms with van der Waals surface area (Å²) in [7, 11) is 0. The van der Waals surface area contributed by atoms with Gasteiger partial charge in [0.25, 0.3) is 0 Å². The maximum absolute atomic E-state index is 4.92. The first-order valence-electron chi connectivity index (χ1n) is 10.2. The molecule has 2 aromatic carbocycles. The number of para-hydroxylation sites is 1. The Hall–Kier alpha value is -2.77. The summed E-state index contributed by atoms with van der Waals surface area (Å²) in [6.45, 7) is 4.28. The quantitative estimate of drug-likeness (QED) is 0.307. The van der Waals surface area contributed by atoms with Gasteiger partial charge in [-0.25, -0.2) is 14.6 Å². The van der Waals surface area contributed by atoms with E-state index in [0.29, 0.717) is 5.95 Å². The topological polar surface area (TPSA) is 55.6 Å². The van der Waals surface area contributed by atoms with Gasteiger partial charge in [0.15, 0.2) is 0 Å². The van der Waals surface area contributed by atoms with Crippen LogP contribution < -0.4 is 5.32 Å². The Labute approximate surface area is 191 Å². The van der Waals surface area contributed by atoms with Gasteiger partial charge in [0.05, 0.1) is 22.6 Å². The Balaban J connectivity index is 1.70. The van der Waals surface area contributed by atoms with E-state index in [9.17, 15) is 0 Å². The van der Waals surface area contributed by atoms with Crippen molar-refractivity contribution in [3.8, 4) is 16.9 Å². The van der Waals surface area contributed by atoms with E-state index in [4.69, 9.17) is 10.1 Å². The second-order valence-electron chi connectivity index (χ2n) is 6.98. The molecule has 0 atom stereocenters. The molecule has 4 rings (SSSR count). The summed E-state index contributed by atoms with van der Waals surface area (Å²) in [5.41, 5.74) is 5.01. The molecule has 2 aromatic heterocycles. The first-order chi connectivity index (χ1) is 15.2. The van der Waals surface area contributed by atoms with E-state index in [-0.39, 0.29) is 0 Å². The third-order valence-electron chi connectivity index (χ3n) is 4.79. The van der Waals surface area contributed by atoms with Crippen LogP contribution in [0.25, 0.3) is 16.9 Å². The summed E-state index contributed by atoms with van der Waals surface area (Å²) >= 11 is 3.49. The molecule has 0 radical (unpaired) electrons. The van der Waals surface area contributed by atoms with Crippen LogP contribution in [-0.2, 0) is 0 Å². The molecule has 0 bridgehead atoms.